The van der Waals surface area contributed by atoms with Gasteiger partial charge in [-0.2, -0.15) is 0 Å². The van der Waals surface area contributed by atoms with Crippen molar-refractivity contribution in [2.75, 3.05) is 6.61 Å². The number of ether oxygens (including phenoxy) is 1. The lowest BCUT2D eigenvalue weighted by molar-refractivity contribution is -0.0111. The van der Waals surface area contributed by atoms with E-state index in [1.54, 1.807) is 12.1 Å². The maximum absolute atomic E-state index is 12.2. The average Bonchev–Trinajstić information content (AvgIpc) is 2.36. The molecule has 0 saturated heterocycles. The lowest BCUT2D eigenvalue weighted by Crippen LogP contribution is -2.44. The van der Waals surface area contributed by atoms with E-state index in [2.05, 4.69) is 5.32 Å². The Kier molecular flexibility index (Phi) is 6.17. The van der Waals surface area contributed by atoms with E-state index in [9.17, 15) is 4.79 Å². The third-order valence-corrected chi connectivity index (χ3v) is 3.19. The molecule has 5 nitrogen and oxygen atoms in total. The maximum atomic E-state index is 12.2. The Morgan fingerprint density at radius 3 is 2.14 bits per heavy atom. The van der Waals surface area contributed by atoms with Crippen molar-refractivity contribution in [2.45, 2.75) is 52.2 Å². The molecule has 6 heteroatoms. The highest BCUT2D eigenvalue weighted by Gasteiger charge is 2.22. The van der Waals surface area contributed by atoms with Crippen LogP contribution >= 0.6 is 0 Å². The largest absolute Gasteiger partial charge is 0.488 e. The normalized spacial score (nSPS) is 12.1. The molecule has 0 saturated carbocycles. The smallest absolute Gasteiger partial charge is 0.423 e. The summed E-state index contributed by atoms with van der Waals surface area (Å²) in [6.45, 7) is 10.4. The standard InChI is InChI=1S/C16H26BNO4/c1-15(2,3)22-11-10-16(4,5)18-14(19)12-6-8-13(9-7-12)17(20)21/h6-9,20-21H,10-11H2,1-5H3,(H,18,19). The van der Waals surface area contributed by atoms with Crippen molar-refractivity contribution in [1.82, 2.24) is 5.32 Å². The zero-order valence-corrected chi connectivity index (χ0v) is 14.0. The van der Waals surface area contributed by atoms with Gasteiger partial charge in [-0.25, -0.2) is 0 Å². The molecule has 0 aliphatic heterocycles. The van der Waals surface area contributed by atoms with Crippen molar-refractivity contribution in [3.63, 3.8) is 0 Å². The first-order valence-corrected chi connectivity index (χ1v) is 7.43. The summed E-state index contributed by atoms with van der Waals surface area (Å²) >= 11 is 0. The molecular formula is C16H26BNO4. The van der Waals surface area contributed by atoms with Crippen LogP contribution in [0.25, 0.3) is 0 Å². The molecule has 1 rings (SSSR count). The molecule has 0 radical (unpaired) electrons. The fraction of sp³-hybridized carbons (Fsp3) is 0.562. The van der Waals surface area contributed by atoms with Gasteiger partial charge >= 0.3 is 7.12 Å². The minimum atomic E-state index is -1.52. The van der Waals surface area contributed by atoms with E-state index in [4.69, 9.17) is 14.8 Å². The van der Waals surface area contributed by atoms with Crippen LogP contribution in [0.1, 0.15) is 51.4 Å². The molecule has 1 aromatic rings. The zero-order chi connectivity index (χ0) is 17.0. The van der Waals surface area contributed by atoms with E-state index in [-0.39, 0.29) is 11.5 Å². The molecule has 0 fully saturated rings. The van der Waals surface area contributed by atoms with Gasteiger partial charge in [-0.3, -0.25) is 4.79 Å². The monoisotopic (exact) mass is 307 g/mol. The molecule has 0 spiro atoms. The number of hydrogen-bond donors (Lipinski definition) is 3. The molecule has 0 bridgehead atoms. The number of nitrogens with one attached hydrogen (secondary N) is 1. The second kappa shape index (κ2) is 7.27. The molecule has 0 atom stereocenters. The Morgan fingerprint density at radius 1 is 1.14 bits per heavy atom. The van der Waals surface area contributed by atoms with Gasteiger partial charge in [0, 0.05) is 17.7 Å². The van der Waals surface area contributed by atoms with Crippen LogP contribution in [-0.2, 0) is 4.74 Å². The topological polar surface area (TPSA) is 78.8 Å². The van der Waals surface area contributed by atoms with E-state index >= 15 is 0 Å². The fourth-order valence-corrected chi connectivity index (χ4v) is 1.86. The number of carbonyl (C=O) groups is 1. The maximum Gasteiger partial charge on any atom is 0.488 e. The zero-order valence-electron chi connectivity index (χ0n) is 14.0. The first-order chi connectivity index (χ1) is 10.0. The molecule has 122 valence electrons. The molecular weight excluding hydrogens is 281 g/mol. The Labute approximate surface area is 132 Å². The van der Waals surface area contributed by atoms with Gasteiger partial charge in [-0.1, -0.05) is 12.1 Å². The van der Waals surface area contributed by atoms with Gasteiger partial charge in [-0.15, -0.1) is 0 Å². The number of hydrogen-bond acceptors (Lipinski definition) is 4. The van der Waals surface area contributed by atoms with Crippen LogP contribution in [-0.4, -0.2) is 40.8 Å². The molecule has 0 aromatic heterocycles. The van der Waals surface area contributed by atoms with E-state index < -0.39 is 12.7 Å². The minimum Gasteiger partial charge on any atom is -0.423 e. The molecule has 0 aliphatic rings. The van der Waals surface area contributed by atoms with Crippen molar-refractivity contribution in [3.05, 3.63) is 29.8 Å². The summed E-state index contributed by atoms with van der Waals surface area (Å²) in [4.78, 5) is 12.2. The highest BCUT2D eigenvalue weighted by Crippen LogP contribution is 2.14. The van der Waals surface area contributed by atoms with Gasteiger partial charge in [0.05, 0.1) is 5.60 Å². The number of amides is 1. The van der Waals surface area contributed by atoms with E-state index in [0.717, 1.165) is 0 Å². The van der Waals surface area contributed by atoms with Gasteiger partial charge in [0.2, 0.25) is 0 Å². The lowest BCUT2D eigenvalue weighted by atomic mass is 9.80. The van der Waals surface area contributed by atoms with Crippen molar-refractivity contribution in [3.8, 4) is 0 Å². The summed E-state index contributed by atoms with van der Waals surface area (Å²) in [7, 11) is -1.52. The quantitative estimate of drug-likeness (QED) is 0.687. The van der Waals surface area contributed by atoms with E-state index in [0.29, 0.717) is 24.1 Å². The lowest BCUT2D eigenvalue weighted by Gasteiger charge is -2.28. The van der Waals surface area contributed by atoms with Crippen molar-refractivity contribution < 1.29 is 19.6 Å². The van der Waals surface area contributed by atoms with E-state index in [1.807, 2.05) is 34.6 Å². The third kappa shape index (κ3) is 6.60. The minimum absolute atomic E-state index is 0.193. The van der Waals surface area contributed by atoms with Crippen LogP contribution in [0.3, 0.4) is 0 Å². The first-order valence-electron chi connectivity index (χ1n) is 7.43. The Bertz CT molecular complexity index is 492. The summed E-state index contributed by atoms with van der Waals surface area (Å²) in [6.07, 6.45) is 0.698. The van der Waals surface area contributed by atoms with E-state index in [1.165, 1.54) is 12.1 Å². The third-order valence-electron chi connectivity index (χ3n) is 3.19. The highest BCUT2D eigenvalue weighted by molar-refractivity contribution is 6.58. The SMILES string of the molecule is CC(C)(CCOC(C)(C)C)NC(=O)c1ccc(B(O)O)cc1. The molecule has 1 amide bonds. The van der Waals surface area contributed by atoms with Crippen molar-refractivity contribution in [2.24, 2.45) is 0 Å². The summed E-state index contributed by atoms with van der Waals surface area (Å²) in [5.74, 6) is -0.195. The van der Waals surface area contributed by atoms with Gasteiger partial charge in [0.1, 0.15) is 0 Å². The Balaban J connectivity index is 2.58. The van der Waals surface area contributed by atoms with Crippen molar-refractivity contribution >= 4 is 18.5 Å². The summed E-state index contributed by atoms with van der Waals surface area (Å²) in [6, 6.07) is 6.20. The number of benzene rings is 1. The molecule has 0 aliphatic carbocycles. The van der Waals surface area contributed by atoms with Gasteiger partial charge < -0.3 is 20.1 Å². The summed E-state index contributed by atoms with van der Waals surface area (Å²) < 4.78 is 5.69. The van der Waals surface area contributed by atoms with Gasteiger partial charge in [0.25, 0.3) is 5.91 Å². The Hall–Kier alpha value is -1.37. The predicted octanol–water partition coefficient (Wildman–Crippen LogP) is 1.08. The van der Waals surface area contributed by atoms with Crippen molar-refractivity contribution in [1.29, 1.82) is 0 Å². The molecule has 22 heavy (non-hydrogen) atoms. The predicted molar refractivity (Wildman–Crippen MR) is 88.1 cm³/mol. The Morgan fingerprint density at radius 2 is 1.68 bits per heavy atom. The summed E-state index contributed by atoms with van der Waals surface area (Å²) in [5, 5.41) is 21.1. The van der Waals surface area contributed by atoms with Crippen LogP contribution in [0, 0.1) is 0 Å². The van der Waals surface area contributed by atoms with Crippen LogP contribution in [0.4, 0.5) is 0 Å². The molecule has 3 N–H and O–H groups in total. The first kappa shape index (κ1) is 18.7. The second-order valence-electron chi connectivity index (χ2n) is 7.04. The number of rotatable bonds is 6. The fourth-order valence-electron chi connectivity index (χ4n) is 1.86. The van der Waals surface area contributed by atoms with Gasteiger partial charge in [0.15, 0.2) is 0 Å². The molecule has 0 heterocycles. The molecule has 1 aromatic carbocycles. The van der Waals surface area contributed by atoms with Crippen LogP contribution < -0.4 is 10.8 Å². The van der Waals surface area contributed by atoms with Gasteiger partial charge in [-0.05, 0) is 58.6 Å². The highest BCUT2D eigenvalue weighted by atomic mass is 16.5. The van der Waals surface area contributed by atoms with Crippen LogP contribution in [0.15, 0.2) is 24.3 Å². The van der Waals surface area contributed by atoms with Crippen LogP contribution in [0.5, 0.6) is 0 Å². The average molecular weight is 307 g/mol. The second-order valence-corrected chi connectivity index (χ2v) is 7.04. The molecule has 0 unspecified atom stereocenters. The van der Waals surface area contributed by atoms with Crippen LogP contribution in [0.2, 0.25) is 0 Å². The number of carbonyl (C=O) groups excluding carboxylic acids is 1. The summed E-state index contributed by atoms with van der Waals surface area (Å²) in [5.41, 5.74) is 0.252.